The molecule has 16 rings (SSSR count). The molecule has 9 amide bonds. The molecule has 0 aromatic heterocycles. The number of phenolic OH excluding ortho intramolecular Hbond substituents is 3. The van der Waals surface area contributed by atoms with Crippen LogP contribution in [0.4, 0.5) is 0 Å². The second kappa shape index (κ2) is 37.0. The lowest BCUT2D eigenvalue weighted by atomic mass is 9.54. The summed E-state index contributed by atoms with van der Waals surface area (Å²) in [7, 11) is 1.49. The van der Waals surface area contributed by atoms with Crippen molar-refractivity contribution in [1.82, 2.24) is 47.9 Å². The third kappa shape index (κ3) is 19.2. The lowest BCUT2D eigenvalue weighted by Gasteiger charge is -2.54. The lowest BCUT2D eigenvalue weighted by Crippen LogP contribution is -2.64. The van der Waals surface area contributed by atoms with Crippen molar-refractivity contribution in [2.24, 2.45) is 35.3 Å². The zero-order valence-electron chi connectivity index (χ0n) is 66.9. The summed E-state index contributed by atoms with van der Waals surface area (Å²) in [6.07, 6.45) is -10.9. The van der Waals surface area contributed by atoms with Gasteiger partial charge < -0.3 is 123 Å². The average molecular weight is 1710 g/mol. The summed E-state index contributed by atoms with van der Waals surface area (Å²) in [6.45, 7) is 7.72. The molecule has 18 atom stereocenters. The monoisotopic (exact) mass is 1710 g/mol. The number of benzene rings is 5. The lowest BCUT2D eigenvalue weighted by molar-refractivity contribution is -0.333. The van der Waals surface area contributed by atoms with Crippen molar-refractivity contribution in [3.05, 3.63) is 117 Å². The van der Waals surface area contributed by atoms with Crippen LogP contribution in [0.15, 0.2) is 78.9 Å². The highest BCUT2D eigenvalue weighted by molar-refractivity contribution is 6.32. The fraction of sp³-hybridized carbons (Fsp3) is 0.536. The first-order valence-electron chi connectivity index (χ1n) is 40.7. The van der Waals surface area contributed by atoms with Gasteiger partial charge in [0.05, 0.1) is 41.3 Å². The van der Waals surface area contributed by atoms with E-state index < -0.39 is 221 Å². The van der Waals surface area contributed by atoms with Crippen molar-refractivity contribution in [1.29, 1.82) is 0 Å². The number of unbranched alkanes of at least 4 members (excludes halogenated alkanes) is 4. The maximum Gasteiger partial charge on any atom is 0.248 e. The number of carbonyl (C=O) groups is 9. The molecule has 5 aromatic carbocycles. The Bertz CT molecular complexity index is 4700. The number of ether oxygens (including phenoxy) is 6. The Hall–Kier alpha value is -9.53. The van der Waals surface area contributed by atoms with Gasteiger partial charge in [0.25, 0.3) is 0 Å². The van der Waals surface area contributed by atoms with Gasteiger partial charge in [0, 0.05) is 41.6 Å². The molecule has 16 unspecified atom stereocenters. The molecule has 15 bridgehead atoms. The van der Waals surface area contributed by atoms with Gasteiger partial charge in [0.2, 0.25) is 65.2 Å². The Morgan fingerprint density at radius 1 is 0.658 bits per heavy atom. The number of rotatable bonds is 20. The zero-order valence-corrected chi connectivity index (χ0v) is 68.4. The third-order valence-electron chi connectivity index (χ3n) is 24.1. The summed E-state index contributed by atoms with van der Waals surface area (Å²) in [4.78, 5) is 138. The molecule has 0 radical (unpaired) electrons. The highest BCUT2D eigenvalue weighted by Gasteiger charge is 2.53. The van der Waals surface area contributed by atoms with Crippen LogP contribution in [-0.2, 0) is 57.4 Å². The summed E-state index contributed by atoms with van der Waals surface area (Å²) in [5.74, 6) is -14.0. The van der Waals surface area contributed by atoms with Crippen LogP contribution in [0, 0.1) is 29.6 Å². The van der Waals surface area contributed by atoms with E-state index in [-0.39, 0.29) is 93.0 Å². The number of imide groups is 1. The minimum Gasteiger partial charge on any atom is -0.508 e. The first kappa shape index (κ1) is 88.3. The average Bonchev–Trinajstić information content (AvgIpc) is 0.759. The van der Waals surface area contributed by atoms with Gasteiger partial charge in [-0.15, -0.1) is 0 Å². The molecule has 20 N–H and O–H groups in total. The van der Waals surface area contributed by atoms with Crippen molar-refractivity contribution in [3.8, 4) is 57.1 Å². The Labute approximate surface area is 700 Å². The van der Waals surface area contributed by atoms with E-state index in [4.69, 9.17) is 57.4 Å². The van der Waals surface area contributed by atoms with Crippen molar-refractivity contribution in [2.45, 2.75) is 240 Å². The van der Waals surface area contributed by atoms with Gasteiger partial charge in [-0.1, -0.05) is 87.9 Å². The molecule has 120 heavy (non-hydrogen) atoms. The molecule has 0 spiro atoms. The van der Waals surface area contributed by atoms with Crippen LogP contribution in [0.1, 0.15) is 183 Å². The second-order valence-electron chi connectivity index (χ2n) is 33.5. The molecule has 4 saturated carbocycles. The highest BCUT2D eigenvalue weighted by Crippen LogP contribution is 2.55. The van der Waals surface area contributed by atoms with Crippen LogP contribution >= 0.6 is 23.2 Å². The summed E-state index contributed by atoms with van der Waals surface area (Å²) in [5, 5.41) is 130. The number of fused-ring (bicyclic) bond motifs is 15. The van der Waals surface area contributed by atoms with Crippen molar-refractivity contribution >= 4 is 76.4 Å². The molecular formula is C84H104Cl2N10O24. The number of nitrogens with two attached hydrogens (primary N) is 1. The van der Waals surface area contributed by atoms with Crippen molar-refractivity contribution < 1.29 is 118 Å². The molecule has 7 aliphatic heterocycles. The van der Waals surface area contributed by atoms with Gasteiger partial charge >= 0.3 is 0 Å². The Balaban J connectivity index is 1.01. The largest absolute Gasteiger partial charge is 0.508 e. The van der Waals surface area contributed by atoms with Crippen molar-refractivity contribution in [3.63, 3.8) is 0 Å². The number of carbonyl (C=O) groups excluding carboxylic acids is 9. The standard InChI is InChI=1S/C84H104Cl2N10O24/c1-7-8-9-10-11-12-59(101)90-60(102)32-51-77(109)92-65-44-28-56(116-54-17-14-40(26-48(54)85)69(103)67(81(113)89-51)95-76(108)50(88-6)19-35(2)3)73(120-83-74(72(106)71(105)58(34-97)118-83)119-61-33-84(5,87)75(107)36(4)115-61)57(29-44)117-55-18-15-41(27-49(55)86)70(104)68-82(114)94-66(80(112)91-63-42-21-37-20-38(23-42)24-43(63)22-37)47-30-45(98)31-53(100)62(47)46-25-39(13-16-52(46)99)64(78(110)96-68)93-79(65)111/h13-18,25-31,35-38,42-43,50-51,58,61,63-72,74-75,83,88,97-100,103-107H,7-12,19-24,32-34,87H2,1-6H3,(H,89,113)(H,91,112)(H,92,109)(H,93,111)(H,94,114)(H,95,108)(H,96,110)(H,90,101,102)/t36?,37?,38?,42?,43?,50?,51?,58?,61?,63?,64?,65?,66-,67?,68?,69?,70?,71?,72?,74?,75?,83?,84-/m0/s1. The van der Waals surface area contributed by atoms with Crippen LogP contribution in [-0.4, -0.2) is 198 Å². The Morgan fingerprint density at radius 3 is 1.89 bits per heavy atom. The summed E-state index contributed by atoms with van der Waals surface area (Å²) < 4.78 is 39.0. The van der Waals surface area contributed by atoms with Gasteiger partial charge in [0.15, 0.2) is 23.9 Å². The van der Waals surface area contributed by atoms with E-state index in [0.717, 1.165) is 106 Å². The first-order chi connectivity index (χ1) is 57.1. The predicted octanol–water partition coefficient (Wildman–Crippen LogP) is 4.48. The fourth-order valence-corrected chi connectivity index (χ4v) is 18.5. The van der Waals surface area contributed by atoms with Gasteiger partial charge in [-0.05, 0) is 178 Å². The minimum absolute atomic E-state index is 0.0633. The quantitative estimate of drug-likeness (QED) is 0.0478. The van der Waals surface area contributed by atoms with Gasteiger partial charge in [-0.2, -0.15) is 0 Å². The van der Waals surface area contributed by atoms with E-state index in [1.165, 1.54) is 45.2 Å². The van der Waals surface area contributed by atoms with Crippen LogP contribution in [0.2, 0.25) is 10.0 Å². The number of aliphatic hydroxyl groups excluding tert-OH is 6. The smallest absolute Gasteiger partial charge is 0.248 e. The number of hydrogen-bond donors (Lipinski definition) is 19. The maximum atomic E-state index is 16.6. The van der Waals surface area contributed by atoms with E-state index in [2.05, 4.69) is 47.9 Å². The number of aliphatic hydroxyl groups is 6. The normalized spacial score (nSPS) is 31.2. The Morgan fingerprint density at radius 2 is 1.27 bits per heavy atom. The number of amides is 9. The van der Waals surface area contributed by atoms with Crippen LogP contribution in [0.3, 0.4) is 0 Å². The van der Waals surface area contributed by atoms with E-state index in [1.807, 2.05) is 20.8 Å². The Kier molecular flexibility index (Phi) is 27.2. The molecule has 4 aliphatic carbocycles. The van der Waals surface area contributed by atoms with Crippen LogP contribution in [0.25, 0.3) is 11.1 Å². The van der Waals surface area contributed by atoms with Crippen LogP contribution < -0.4 is 67.8 Å². The highest BCUT2D eigenvalue weighted by atomic mass is 35.5. The van der Waals surface area contributed by atoms with Gasteiger partial charge in [-0.3, -0.25) is 48.5 Å². The molecule has 5 aromatic rings. The summed E-state index contributed by atoms with van der Waals surface area (Å²) in [6, 6.07) is 0.223. The van der Waals surface area contributed by atoms with E-state index in [9.17, 15) is 60.3 Å². The summed E-state index contributed by atoms with van der Waals surface area (Å²) >= 11 is 14.5. The van der Waals surface area contributed by atoms with Gasteiger partial charge in [-0.25, -0.2) is 0 Å². The number of likely N-dealkylation sites (N-methyl/N-ethyl adjacent to an activating group) is 1. The number of aromatic hydroxyl groups is 3. The molecule has 34 nitrogen and oxygen atoms in total. The molecule has 7 heterocycles. The minimum atomic E-state index is -2.38. The first-order valence-corrected chi connectivity index (χ1v) is 41.4. The van der Waals surface area contributed by atoms with E-state index >= 15 is 28.8 Å². The molecule has 648 valence electrons. The molecular weight excluding hydrogens is 1600 g/mol. The SMILES string of the molecule is CCCCCCCC(=O)NC(=O)CC1NC(=O)C(NC(=O)C(CC(C)C)NC)C(O)c2ccc(c(Cl)c2)Oc2cc3cc(c2OC2OC(CO)C(O)C(O)C2OC2C[C@](C)(N)C(O)C(C)O2)Oc2ccc(cc2Cl)C(O)C2NC(=O)C(NC(=O)C3NC1=O)c1ccc(O)c(c1)-c1c(O)cc(O)cc1[C@@H](C(=O)NC1C3CC4CC(C3)CC1C4)NC2=O. The number of hydrogen-bond acceptors (Lipinski definition) is 26. The fourth-order valence-electron chi connectivity index (χ4n) is 18.1. The van der Waals surface area contributed by atoms with Gasteiger partial charge in [0.1, 0.15) is 95.5 Å². The topological polar surface area (TPSA) is 525 Å². The van der Waals surface area contributed by atoms with Crippen molar-refractivity contribution in [2.75, 3.05) is 13.7 Å². The second-order valence-corrected chi connectivity index (χ2v) is 34.3. The molecule has 11 aliphatic rings. The molecule has 36 heteroatoms. The molecule has 2 saturated heterocycles. The summed E-state index contributed by atoms with van der Waals surface area (Å²) in [5.41, 5.74) is 3.02. The maximum absolute atomic E-state index is 16.6. The van der Waals surface area contributed by atoms with Crippen LogP contribution in [0.5, 0.6) is 46.0 Å². The number of phenols is 3. The van der Waals surface area contributed by atoms with E-state index in [1.54, 1.807) is 0 Å². The third-order valence-corrected chi connectivity index (χ3v) is 24.7. The number of halogens is 2. The molecule has 6 fully saturated rings. The number of nitrogens with one attached hydrogen (secondary N) is 9. The predicted molar refractivity (Wildman–Crippen MR) is 428 cm³/mol. The zero-order chi connectivity index (χ0) is 86.2. The van der Waals surface area contributed by atoms with E-state index in [0.29, 0.717) is 24.7 Å².